The number of likely N-dealkylation sites (tertiary alicyclic amines) is 1. The average Bonchev–Trinajstić information content (AvgIpc) is 2.91. The number of pyridine rings is 1. The lowest BCUT2D eigenvalue weighted by Gasteiger charge is -2.32. The third-order valence-corrected chi connectivity index (χ3v) is 6.32. The van der Waals surface area contributed by atoms with Gasteiger partial charge in [0.05, 0.1) is 24.6 Å². The summed E-state index contributed by atoms with van der Waals surface area (Å²) in [6.45, 7) is 6.83. The molecule has 0 radical (unpaired) electrons. The minimum Gasteiger partial charge on any atom is -0.495 e. The molecule has 0 spiro atoms. The number of aromatic nitrogens is 1. The van der Waals surface area contributed by atoms with Crippen LogP contribution >= 0.6 is 0 Å². The number of methoxy groups -OCH3 is 1. The van der Waals surface area contributed by atoms with Gasteiger partial charge in [0.25, 0.3) is 5.91 Å². The fourth-order valence-electron chi connectivity index (χ4n) is 4.41. The summed E-state index contributed by atoms with van der Waals surface area (Å²) < 4.78 is 5.54. The molecule has 0 saturated carbocycles. The summed E-state index contributed by atoms with van der Waals surface area (Å²) in [4.78, 5) is 31.1. The van der Waals surface area contributed by atoms with E-state index in [0.717, 1.165) is 41.4 Å². The minimum absolute atomic E-state index is 0.0211. The fraction of sp³-hybridized carbons (Fsp3) is 0.286. The molecular weight excluding hydrogens is 454 g/mol. The summed E-state index contributed by atoms with van der Waals surface area (Å²) in [5.41, 5.74) is 2.99. The molecule has 8 nitrogen and oxygen atoms in total. The first kappa shape index (κ1) is 24.7. The minimum atomic E-state index is -0.257. The van der Waals surface area contributed by atoms with Crippen molar-refractivity contribution in [2.75, 3.05) is 32.1 Å². The van der Waals surface area contributed by atoms with E-state index in [1.165, 1.54) is 0 Å². The van der Waals surface area contributed by atoms with Gasteiger partial charge in [0.1, 0.15) is 11.4 Å². The Hall–Kier alpha value is -4.38. The molecule has 36 heavy (non-hydrogen) atoms. The molecule has 184 valence electrons. The molecule has 0 bridgehead atoms. The monoisotopic (exact) mass is 483 g/mol. The first-order chi connectivity index (χ1) is 17.4. The summed E-state index contributed by atoms with van der Waals surface area (Å²) in [7, 11) is 1.60. The normalized spacial score (nSPS) is 15.1. The lowest BCUT2D eigenvalue weighted by atomic mass is 10.0. The van der Waals surface area contributed by atoms with Crippen LogP contribution in [-0.2, 0) is 4.79 Å². The van der Waals surface area contributed by atoms with E-state index >= 15 is 0 Å². The van der Waals surface area contributed by atoms with E-state index in [9.17, 15) is 9.59 Å². The van der Waals surface area contributed by atoms with Crippen molar-refractivity contribution in [1.82, 2.24) is 15.2 Å². The molecule has 0 aliphatic carbocycles. The van der Waals surface area contributed by atoms with E-state index in [0.29, 0.717) is 35.8 Å². The van der Waals surface area contributed by atoms with Gasteiger partial charge in [-0.25, -0.2) is 4.98 Å². The van der Waals surface area contributed by atoms with E-state index in [2.05, 4.69) is 22.2 Å². The zero-order valence-electron chi connectivity index (χ0n) is 20.5. The summed E-state index contributed by atoms with van der Waals surface area (Å²) in [6, 6.07) is 17.1. The molecule has 1 aromatic heterocycles. The molecule has 2 aromatic carbocycles. The Labute approximate surface area is 210 Å². The maximum absolute atomic E-state index is 13.0. The first-order valence-corrected chi connectivity index (χ1v) is 11.9. The fourth-order valence-corrected chi connectivity index (χ4v) is 4.41. The number of nitriles is 1. The highest BCUT2D eigenvalue weighted by molar-refractivity contribution is 5.99. The number of anilines is 1. The molecule has 1 unspecified atom stereocenters. The second kappa shape index (κ2) is 10.9. The third-order valence-electron chi connectivity index (χ3n) is 6.32. The Kier molecular flexibility index (Phi) is 7.50. The molecule has 1 fully saturated rings. The number of amides is 2. The molecular formula is C28H29N5O3. The lowest BCUT2D eigenvalue weighted by Crippen LogP contribution is -2.49. The smallest absolute Gasteiger partial charge is 0.270 e. The van der Waals surface area contributed by atoms with Crippen LogP contribution in [0.15, 0.2) is 60.7 Å². The Morgan fingerprint density at radius 2 is 2.06 bits per heavy atom. The number of nitrogens with zero attached hydrogens (tertiary/aromatic N) is 3. The van der Waals surface area contributed by atoms with Gasteiger partial charge in [-0.3, -0.25) is 9.59 Å². The molecule has 2 amide bonds. The summed E-state index contributed by atoms with van der Waals surface area (Å²) in [5, 5.41) is 17.3. The number of ether oxygens (including phenoxy) is 1. The van der Waals surface area contributed by atoms with Crippen molar-refractivity contribution in [2.24, 2.45) is 0 Å². The maximum atomic E-state index is 13.0. The van der Waals surface area contributed by atoms with Crippen molar-refractivity contribution in [3.8, 4) is 23.1 Å². The Balaban J connectivity index is 1.61. The number of hydrogen-bond acceptors (Lipinski definition) is 6. The standard InChI is InChI=1S/C28H29N5O3/c1-18(15-29)16-30-27-23-14-21(10-9-20(23)11-12-26(27)36-3)24-7-4-8-25(32-24)28(35)31-22-6-5-13-33(17-22)19(2)34/h4,7-12,14,22,30H,1,5-6,13,16-17H2,2-3H3,(H,31,35). The topological polar surface area (TPSA) is 107 Å². The van der Waals surface area contributed by atoms with Crippen LogP contribution in [0.4, 0.5) is 5.69 Å². The first-order valence-electron chi connectivity index (χ1n) is 11.9. The lowest BCUT2D eigenvalue weighted by molar-refractivity contribution is -0.130. The average molecular weight is 484 g/mol. The van der Waals surface area contributed by atoms with Crippen molar-refractivity contribution >= 4 is 28.3 Å². The van der Waals surface area contributed by atoms with Gasteiger partial charge in [-0.15, -0.1) is 0 Å². The Morgan fingerprint density at radius 1 is 1.25 bits per heavy atom. The zero-order valence-corrected chi connectivity index (χ0v) is 20.5. The number of rotatable bonds is 7. The number of carbonyl (C=O) groups excluding carboxylic acids is 2. The van der Waals surface area contributed by atoms with Crippen molar-refractivity contribution in [2.45, 2.75) is 25.8 Å². The van der Waals surface area contributed by atoms with Crippen LogP contribution in [0.25, 0.3) is 22.0 Å². The van der Waals surface area contributed by atoms with Crippen LogP contribution in [0.2, 0.25) is 0 Å². The second-order valence-electron chi connectivity index (χ2n) is 8.83. The summed E-state index contributed by atoms with van der Waals surface area (Å²) >= 11 is 0. The van der Waals surface area contributed by atoms with E-state index < -0.39 is 0 Å². The van der Waals surface area contributed by atoms with E-state index in [4.69, 9.17) is 10.00 Å². The third kappa shape index (κ3) is 5.47. The zero-order chi connectivity index (χ0) is 25.7. The van der Waals surface area contributed by atoms with Gasteiger partial charge in [0.15, 0.2) is 0 Å². The predicted molar refractivity (Wildman–Crippen MR) is 140 cm³/mol. The summed E-state index contributed by atoms with van der Waals surface area (Å²) in [6.07, 6.45) is 1.69. The molecule has 1 aliphatic heterocycles. The highest BCUT2D eigenvalue weighted by Crippen LogP contribution is 2.35. The maximum Gasteiger partial charge on any atom is 0.270 e. The van der Waals surface area contributed by atoms with Gasteiger partial charge in [0, 0.05) is 49.1 Å². The number of nitrogens with one attached hydrogen (secondary N) is 2. The second-order valence-corrected chi connectivity index (χ2v) is 8.83. The van der Waals surface area contributed by atoms with Crippen LogP contribution in [-0.4, -0.2) is 54.5 Å². The summed E-state index contributed by atoms with van der Waals surface area (Å²) in [5.74, 6) is 0.415. The molecule has 1 aliphatic rings. The number of fused-ring (bicyclic) bond motifs is 1. The molecule has 1 saturated heterocycles. The quantitative estimate of drug-likeness (QED) is 0.489. The Bertz CT molecular complexity index is 1360. The molecule has 3 aromatic rings. The highest BCUT2D eigenvalue weighted by atomic mass is 16.5. The van der Waals surface area contributed by atoms with E-state index in [1.807, 2.05) is 48.5 Å². The van der Waals surface area contributed by atoms with E-state index in [1.54, 1.807) is 25.0 Å². The van der Waals surface area contributed by atoms with Gasteiger partial charge in [0.2, 0.25) is 5.91 Å². The molecule has 2 N–H and O–H groups in total. The largest absolute Gasteiger partial charge is 0.495 e. The highest BCUT2D eigenvalue weighted by Gasteiger charge is 2.23. The molecule has 2 heterocycles. The molecule has 1 atom stereocenters. The number of carbonyl (C=O) groups is 2. The molecule has 8 heteroatoms. The van der Waals surface area contributed by atoms with E-state index in [-0.39, 0.29) is 17.9 Å². The van der Waals surface area contributed by atoms with Gasteiger partial charge < -0.3 is 20.3 Å². The SMILES string of the molecule is C=C(C#N)CNc1c(OC)ccc2ccc(-c3cccc(C(=O)NC4CCCN(C(C)=O)C4)n3)cc12. The van der Waals surface area contributed by atoms with Crippen LogP contribution in [0, 0.1) is 11.3 Å². The van der Waals surface area contributed by atoms with Gasteiger partial charge >= 0.3 is 0 Å². The van der Waals surface area contributed by atoms with Crippen molar-refractivity contribution < 1.29 is 14.3 Å². The van der Waals surface area contributed by atoms with Crippen LogP contribution in [0.5, 0.6) is 5.75 Å². The number of benzene rings is 2. The van der Waals surface area contributed by atoms with Gasteiger partial charge in [-0.05, 0) is 42.5 Å². The van der Waals surface area contributed by atoms with Gasteiger partial charge in [-0.1, -0.05) is 30.8 Å². The number of hydrogen-bond donors (Lipinski definition) is 2. The van der Waals surface area contributed by atoms with Gasteiger partial charge in [-0.2, -0.15) is 5.26 Å². The van der Waals surface area contributed by atoms with Crippen LogP contribution in [0.1, 0.15) is 30.3 Å². The van der Waals surface area contributed by atoms with Crippen molar-refractivity contribution in [3.05, 3.63) is 66.4 Å². The predicted octanol–water partition coefficient (Wildman–Crippen LogP) is 4.14. The Morgan fingerprint density at radius 3 is 2.81 bits per heavy atom. The molecule has 4 rings (SSSR count). The van der Waals surface area contributed by atoms with Crippen molar-refractivity contribution in [3.63, 3.8) is 0 Å². The van der Waals surface area contributed by atoms with Crippen LogP contribution in [0.3, 0.4) is 0 Å². The van der Waals surface area contributed by atoms with Crippen molar-refractivity contribution in [1.29, 1.82) is 5.26 Å². The number of piperidine rings is 1. The van der Waals surface area contributed by atoms with Crippen LogP contribution < -0.4 is 15.4 Å².